The van der Waals surface area contributed by atoms with E-state index >= 15 is 0 Å². The SMILES string of the molecule is COc1cccc(OCc2ccc(C(=O)C(N)c3ccc4c(c3)C3(CCNCC3)CO4)o2)c1. The minimum Gasteiger partial charge on any atom is -0.497 e. The number of carbonyl (C=O) groups excluding carboxylic acids is 1. The summed E-state index contributed by atoms with van der Waals surface area (Å²) in [5, 5.41) is 3.41. The zero-order valence-corrected chi connectivity index (χ0v) is 18.6. The molecule has 3 N–H and O–H groups in total. The number of rotatable bonds is 7. The van der Waals surface area contributed by atoms with Gasteiger partial charge in [0.25, 0.3) is 0 Å². The highest BCUT2D eigenvalue weighted by atomic mass is 16.5. The molecule has 3 heterocycles. The van der Waals surface area contributed by atoms with E-state index in [1.165, 1.54) is 0 Å². The lowest BCUT2D eigenvalue weighted by atomic mass is 9.74. The Morgan fingerprint density at radius 1 is 1.12 bits per heavy atom. The number of nitrogens with one attached hydrogen (secondary N) is 1. The lowest BCUT2D eigenvalue weighted by Crippen LogP contribution is -2.41. The summed E-state index contributed by atoms with van der Waals surface area (Å²) in [7, 11) is 1.60. The van der Waals surface area contributed by atoms with Crippen molar-refractivity contribution in [2.75, 3.05) is 26.8 Å². The molecule has 1 atom stereocenters. The number of hydrogen-bond donors (Lipinski definition) is 2. The lowest BCUT2D eigenvalue weighted by Gasteiger charge is -2.32. The van der Waals surface area contributed by atoms with Gasteiger partial charge >= 0.3 is 0 Å². The first-order valence-corrected chi connectivity index (χ1v) is 11.2. The van der Waals surface area contributed by atoms with Gasteiger partial charge in [0.2, 0.25) is 5.78 Å². The van der Waals surface area contributed by atoms with E-state index in [0.717, 1.165) is 42.8 Å². The van der Waals surface area contributed by atoms with Crippen LogP contribution in [0.2, 0.25) is 0 Å². The van der Waals surface area contributed by atoms with Gasteiger partial charge in [-0.15, -0.1) is 0 Å². The van der Waals surface area contributed by atoms with Gasteiger partial charge in [-0.25, -0.2) is 0 Å². The van der Waals surface area contributed by atoms with Crippen molar-refractivity contribution < 1.29 is 23.4 Å². The Kier molecular flexibility index (Phi) is 5.83. The van der Waals surface area contributed by atoms with Crippen molar-refractivity contribution >= 4 is 5.78 Å². The fraction of sp³-hybridized carbons (Fsp3) is 0.346. The highest BCUT2D eigenvalue weighted by Gasteiger charge is 2.42. The molecule has 0 amide bonds. The Bertz CT molecular complexity index is 1140. The Morgan fingerprint density at radius 3 is 2.76 bits per heavy atom. The van der Waals surface area contributed by atoms with E-state index in [1.54, 1.807) is 25.3 Å². The smallest absolute Gasteiger partial charge is 0.219 e. The summed E-state index contributed by atoms with van der Waals surface area (Å²) in [5.41, 5.74) is 8.32. The maximum Gasteiger partial charge on any atom is 0.219 e. The molecule has 2 aliphatic rings. The summed E-state index contributed by atoms with van der Waals surface area (Å²) < 4.78 is 22.7. The molecular formula is C26H28N2O5. The molecule has 1 spiro atoms. The van der Waals surface area contributed by atoms with E-state index in [0.29, 0.717) is 23.9 Å². The number of furan rings is 1. The summed E-state index contributed by atoms with van der Waals surface area (Å²) in [6.45, 7) is 2.81. The molecule has 33 heavy (non-hydrogen) atoms. The Balaban J connectivity index is 1.28. The molecule has 7 nitrogen and oxygen atoms in total. The van der Waals surface area contributed by atoms with Crippen LogP contribution in [0.5, 0.6) is 17.2 Å². The van der Waals surface area contributed by atoms with Crippen LogP contribution in [0, 0.1) is 0 Å². The van der Waals surface area contributed by atoms with E-state index in [9.17, 15) is 4.79 Å². The molecule has 1 unspecified atom stereocenters. The number of nitrogens with two attached hydrogens (primary N) is 1. The normalized spacial score (nSPS) is 17.3. The van der Waals surface area contributed by atoms with Crippen molar-refractivity contribution in [3.05, 3.63) is 77.2 Å². The number of piperidine rings is 1. The van der Waals surface area contributed by atoms with Crippen LogP contribution in [-0.4, -0.2) is 32.6 Å². The second-order valence-corrected chi connectivity index (χ2v) is 8.65. The van der Waals surface area contributed by atoms with E-state index in [4.69, 9.17) is 24.4 Å². The predicted octanol–water partition coefficient (Wildman–Crippen LogP) is 3.76. The van der Waals surface area contributed by atoms with E-state index < -0.39 is 6.04 Å². The van der Waals surface area contributed by atoms with Crippen LogP contribution in [0.15, 0.2) is 59.0 Å². The number of carbonyl (C=O) groups is 1. The van der Waals surface area contributed by atoms with Gasteiger partial charge < -0.3 is 29.7 Å². The number of hydrogen-bond acceptors (Lipinski definition) is 7. The zero-order chi connectivity index (χ0) is 22.8. The molecule has 7 heteroatoms. The summed E-state index contributed by atoms with van der Waals surface area (Å²) in [6.07, 6.45) is 2.03. The van der Waals surface area contributed by atoms with Gasteiger partial charge in [-0.3, -0.25) is 4.79 Å². The van der Waals surface area contributed by atoms with Gasteiger partial charge in [-0.1, -0.05) is 12.1 Å². The number of benzene rings is 2. The number of ketones is 1. The van der Waals surface area contributed by atoms with Crippen LogP contribution in [-0.2, 0) is 12.0 Å². The quantitative estimate of drug-likeness (QED) is 0.531. The summed E-state index contributed by atoms with van der Waals surface area (Å²) in [6, 6.07) is 15.7. The van der Waals surface area contributed by atoms with Crippen LogP contribution in [0.25, 0.3) is 0 Å². The zero-order valence-electron chi connectivity index (χ0n) is 18.6. The third kappa shape index (κ3) is 4.21. The molecule has 0 aliphatic carbocycles. The van der Waals surface area contributed by atoms with E-state index in [1.807, 2.05) is 36.4 Å². The van der Waals surface area contributed by atoms with Crippen LogP contribution in [0.4, 0.5) is 0 Å². The maximum atomic E-state index is 13.1. The minimum atomic E-state index is -0.812. The van der Waals surface area contributed by atoms with Gasteiger partial charge in [0, 0.05) is 17.0 Å². The fourth-order valence-electron chi connectivity index (χ4n) is 4.63. The predicted molar refractivity (Wildman–Crippen MR) is 123 cm³/mol. The van der Waals surface area contributed by atoms with Crippen molar-refractivity contribution in [3.8, 4) is 17.2 Å². The van der Waals surface area contributed by atoms with Crippen molar-refractivity contribution in [1.82, 2.24) is 5.32 Å². The van der Waals surface area contributed by atoms with Crippen molar-refractivity contribution in [1.29, 1.82) is 0 Å². The largest absolute Gasteiger partial charge is 0.497 e. The maximum absolute atomic E-state index is 13.1. The second kappa shape index (κ2) is 8.92. The topological polar surface area (TPSA) is 96.0 Å². The molecule has 0 saturated carbocycles. The van der Waals surface area contributed by atoms with Gasteiger partial charge in [-0.05, 0) is 67.9 Å². The molecule has 1 fully saturated rings. The third-order valence-corrected chi connectivity index (χ3v) is 6.61. The molecule has 0 radical (unpaired) electrons. The van der Waals surface area contributed by atoms with Crippen molar-refractivity contribution in [2.45, 2.75) is 30.9 Å². The first kappa shape index (κ1) is 21.6. The summed E-state index contributed by atoms with van der Waals surface area (Å²) in [4.78, 5) is 13.1. The average Bonchev–Trinajstić information content (AvgIpc) is 3.48. The molecule has 172 valence electrons. The average molecular weight is 449 g/mol. The molecule has 2 aliphatic heterocycles. The first-order chi connectivity index (χ1) is 16.1. The monoisotopic (exact) mass is 448 g/mol. The van der Waals surface area contributed by atoms with E-state index in [-0.39, 0.29) is 23.6 Å². The number of methoxy groups -OCH3 is 1. The Labute approximate surface area is 192 Å². The molecular weight excluding hydrogens is 420 g/mol. The van der Waals surface area contributed by atoms with Gasteiger partial charge in [-0.2, -0.15) is 0 Å². The first-order valence-electron chi connectivity index (χ1n) is 11.2. The number of Topliss-reactive ketones (excluding diaryl/α,β-unsaturated/α-hetero) is 1. The summed E-state index contributed by atoms with van der Waals surface area (Å²) in [5.74, 6) is 2.77. The van der Waals surface area contributed by atoms with Gasteiger partial charge in [0.05, 0.1) is 19.8 Å². The third-order valence-electron chi connectivity index (χ3n) is 6.61. The second-order valence-electron chi connectivity index (χ2n) is 8.65. The molecule has 1 aromatic heterocycles. The Morgan fingerprint density at radius 2 is 1.94 bits per heavy atom. The fourth-order valence-corrected chi connectivity index (χ4v) is 4.63. The van der Waals surface area contributed by atoms with Crippen LogP contribution in [0.1, 0.15) is 46.3 Å². The minimum absolute atomic E-state index is 0.00860. The molecule has 3 aromatic rings. The van der Waals surface area contributed by atoms with Crippen LogP contribution in [0.3, 0.4) is 0 Å². The standard InChI is InChI=1S/C26H28N2O5/c1-30-18-3-2-4-19(14-18)31-15-20-6-8-23(33-20)25(29)24(27)17-5-7-22-21(13-17)26(16-32-22)9-11-28-12-10-26/h2-8,13-14,24,28H,9-12,15-16,27H2,1H3. The van der Waals surface area contributed by atoms with E-state index in [2.05, 4.69) is 5.32 Å². The molecule has 1 saturated heterocycles. The van der Waals surface area contributed by atoms with Crippen LogP contribution >= 0.6 is 0 Å². The van der Waals surface area contributed by atoms with Crippen molar-refractivity contribution in [3.63, 3.8) is 0 Å². The van der Waals surface area contributed by atoms with Gasteiger partial charge in [0.15, 0.2) is 5.76 Å². The molecule has 0 bridgehead atoms. The highest BCUT2D eigenvalue weighted by Crippen LogP contribution is 2.45. The number of fused-ring (bicyclic) bond motifs is 2. The molecule has 2 aromatic carbocycles. The Hall–Kier alpha value is -3.29. The molecule has 5 rings (SSSR count). The number of ether oxygens (including phenoxy) is 3. The van der Waals surface area contributed by atoms with Crippen LogP contribution < -0.4 is 25.3 Å². The van der Waals surface area contributed by atoms with Gasteiger partial charge in [0.1, 0.15) is 29.6 Å². The van der Waals surface area contributed by atoms with Crippen molar-refractivity contribution in [2.24, 2.45) is 5.73 Å². The lowest BCUT2D eigenvalue weighted by molar-refractivity contribution is 0.0929. The highest BCUT2D eigenvalue weighted by molar-refractivity contribution is 5.98. The summed E-state index contributed by atoms with van der Waals surface area (Å²) >= 11 is 0.